The minimum absolute atomic E-state index is 1.37. The van der Waals surface area contributed by atoms with Crippen LogP contribution in [0.25, 0.3) is 0 Å². The number of nitriles is 8. The number of rotatable bonds is 0. The lowest BCUT2D eigenvalue weighted by Crippen LogP contribution is -2.86. The summed E-state index contributed by atoms with van der Waals surface area (Å²) in [4.78, 5) is 0. The number of hydrogen-bond acceptors (Lipinski definition) is 10. The minimum atomic E-state index is -2.65. The van der Waals surface area contributed by atoms with Crippen LogP contribution in [0.3, 0.4) is 0 Å². The highest BCUT2D eigenvalue weighted by molar-refractivity contribution is 5.58. The molecular weight excluding hydrogens is 284 g/mol. The quantitative estimate of drug-likeness (QED) is 0.515. The zero-order chi connectivity index (χ0) is 17.1. The summed E-state index contributed by atoms with van der Waals surface area (Å²) in [7, 11) is 0. The Kier molecular flexibility index (Phi) is 3.43. The molecule has 0 radical (unpaired) electrons. The van der Waals surface area contributed by atoms with Gasteiger partial charge in [0.2, 0.25) is 22.2 Å². The zero-order valence-corrected chi connectivity index (χ0v) is 10.6. The van der Waals surface area contributed by atoms with E-state index in [1.165, 1.54) is 48.6 Å². The predicted octanol–water partition coefficient (Wildman–Crippen LogP) is -1.68. The Morgan fingerprint density at radius 3 is 0.591 bits per heavy atom. The molecule has 1 aliphatic rings. The standard InChI is InChI=1S/C12H2N10/c13-1-9(2-14)10(3-15,4-16)22-12(7-19,8-20)11(5-17,6-18)21-9/h21-22H. The van der Waals surface area contributed by atoms with Crippen molar-refractivity contribution in [2.24, 2.45) is 0 Å². The Bertz CT molecular complexity index is 655. The van der Waals surface area contributed by atoms with Gasteiger partial charge in [-0.3, -0.25) is 10.6 Å². The van der Waals surface area contributed by atoms with Crippen LogP contribution >= 0.6 is 0 Å². The van der Waals surface area contributed by atoms with E-state index in [0.717, 1.165) is 0 Å². The van der Waals surface area contributed by atoms with Crippen LogP contribution in [-0.4, -0.2) is 22.2 Å². The maximum Gasteiger partial charge on any atom is 0.241 e. The largest absolute Gasteiger partial charge is 0.250 e. The molecule has 0 aromatic rings. The Balaban J connectivity index is 3.95. The first kappa shape index (κ1) is 15.9. The van der Waals surface area contributed by atoms with Crippen molar-refractivity contribution in [2.45, 2.75) is 22.2 Å². The van der Waals surface area contributed by atoms with Crippen molar-refractivity contribution >= 4 is 0 Å². The van der Waals surface area contributed by atoms with Gasteiger partial charge in [0, 0.05) is 0 Å². The molecule has 0 aromatic heterocycles. The summed E-state index contributed by atoms with van der Waals surface area (Å²) >= 11 is 0. The van der Waals surface area contributed by atoms with E-state index in [0.29, 0.717) is 0 Å². The smallest absolute Gasteiger partial charge is 0.241 e. The van der Waals surface area contributed by atoms with Crippen LogP contribution in [0.2, 0.25) is 0 Å². The highest BCUT2D eigenvalue weighted by atomic mass is 15.3. The third-order valence-corrected chi connectivity index (χ3v) is 3.22. The fraction of sp³-hybridized carbons (Fsp3) is 0.333. The number of nitrogens with zero attached hydrogens (tertiary/aromatic N) is 8. The third kappa shape index (κ3) is 1.40. The fourth-order valence-electron chi connectivity index (χ4n) is 1.93. The topological polar surface area (TPSA) is 214 Å². The maximum absolute atomic E-state index is 9.22. The SMILES string of the molecule is N#CC1(C#N)NC(C#N)(C#N)C(C#N)(C#N)NC1(C#N)C#N. The molecule has 1 heterocycles. The fourth-order valence-corrected chi connectivity index (χ4v) is 1.93. The van der Waals surface area contributed by atoms with Gasteiger partial charge in [0.15, 0.2) is 0 Å². The van der Waals surface area contributed by atoms with Crippen LogP contribution < -0.4 is 10.6 Å². The molecule has 10 nitrogen and oxygen atoms in total. The molecule has 0 unspecified atom stereocenters. The van der Waals surface area contributed by atoms with Crippen molar-refractivity contribution in [1.82, 2.24) is 10.6 Å². The summed E-state index contributed by atoms with van der Waals surface area (Å²) in [5, 5.41) is 77.7. The van der Waals surface area contributed by atoms with Gasteiger partial charge in [-0.15, -0.1) is 0 Å². The van der Waals surface area contributed by atoms with Crippen LogP contribution in [0.5, 0.6) is 0 Å². The number of hydrogen-bond donors (Lipinski definition) is 2. The van der Waals surface area contributed by atoms with Gasteiger partial charge in [0.05, 0.1) is 0 Å². The first-order valence-corrected chi connectivity index (χ1v) is 5.29. The first-order chi connectivity index (χ1) is 10.4. The molecule has 0 aromatic carbocycles. The van der Waals surface area contributed by atoms with Gasteiger partial charge in [-0.2, -0.15) is 42.1 Å². The molecule has 1 saturated heterocycles. The van der Waals surface area contributed by atoms with E-state index in [1.54, 1.807) is 0 Å². The molecule has 1 aliphatic heterocycles. The van der Waals surface area contributed by atoms with E-state index in [4.69, 9.17) is 0 Å². The van der Waals surface area contributed by atoms with Gasteiger partial charge < -0.3 is 0 Å². The second-order valence-electron chi connectivity index (χ2n) is 4.14. The van der Waals surface area contributed by atoms with Gasteiger partial charge in [0.25, 0.3) is 0 Å². The van der Waals surface area contributed by atoms with Crippen molar-refractivity contribution in [3.63, 3.8) is 0 Å². The molecule has 0 aliphatic carbocycles. The average Bonchev–Trinajstić information content (AvgIpc) is 2.60. The van der Waals surface area contributed by atoms with E-state index in [2.05, 4.69) is 0 Å². The lowest BCUT2D eigenvalue weighted by atomic mass is 9.67. The van der Waals surface area contributed by atoms with E-state index in [9.17, 15) is 42.1 Å². The predicted molar refractivity (Wildman–Crippen MR) is 62.1 cm³/mol. The van der Waals surface area contributed by atoms with Gasteiger partial charge in [-0.1, -0.05) is 0 Å². The second-order valence-corrected chi connectivity index (χ2v) is 4.14. The number of piperazine rings is 1. The lowest BCUT2D eigenvalue weighted by molar-refractivity contribution is 0.167. The third-order valence-electron chi connectivity index (χ3n) is 3.22. The van der Waals surface area contributed by atoms with Crippen LogP contribution in [0.1, 0.15) is 0 Å². The molecule has 0 bridgehead atoms. The highest BCUT2D eigenvalue weighted by Gasteiger charge is 2.73. The maximum atomic E-state index is 9.22. The molecule has 2 N–H and O–H groups in total. The van der Waals surface area contributed by atoms with Crippen LogP contribution in [0.4, 0.5) is 0 Å². The Morgan fingerprint density at radius 2 is 0.500 bits per heavy atom. The zero-order valence-electron chi connectivity index (χ0n) is 10.6. The lowest BCUT2D eigenvalue weighted by Gasteiger charge is -2.48. The summed E-state index contributed by atoms with van der Waals surface area (Å²) < 4.78 is 0. The first-order valence-electron chi connectivity index (χ1n) is 5.29. The minimum Gasteiger partial charge on any atom is -0.250 e. The van der Waals surface area contributed by atoms with Crippen molar-refractivity contribution in [3.05, 3.63) is 0 Å². The second kappa shape index (κ2) is 4.75. The van der Waals surface area contributed by atoms with Gasteiger partial charge in [-0.25, -0.2) is 0 Å². The molecule has 0 amide bonds. The molecule has 22 heavy (non-hydrogen) atoms. The van der Waals surface area contributed by atoms with Gasteiger partial charge in [-0.05, 0) is 0 Å². The Hall–Kier alpha value is -4.16. The molecule has 0 saturated carbocycles. The summed E-state index contributed by atoms with van der Waals surface area (Å²) in [5.41, 5.74) is -10.6. The average molecular weight is 286 g/mol. The van der Waals surface area contributed by atoms with E-state index in [-0.39, 0.29) is 0 Å². The monoisotopic (exact) mass is 286 g/mol. The van der Waals surface area contributed by atoms with Crippen LogP contribution in [0.15, 0.2) is 0 Å². The molecule has 1 fully saturated rings. The van der Waals surface area contributed by atoms with Gasteiger partial charge in [0.1, 0.15) is 48.6 Å². The molecule has 1 rings (SSSR count). The van der Waals surface area contributed by atoms with Gasteiger partial charge >= 0.3 is 0 Å². The highest BCUT2D eigenvalue weighted by Crippen LogP contribution is 2.36. The van der Waals surface area contributed by atoms with Crippen LogP contribution in [-0.2, 0) is 0 Å². The normalized spacial score (nSPS) is 21.5. The summed E-state index contributed by atoms with van der Waals surface area (Å²) in [6.07, 6.45) is 0. The van der Waals surface area contributed by atoms with Crippen LogP contribution in [0, 0.1) is 90.6 Å². The van der Waals surface area contributed by atoms with E-state index >= 15 is 0 Å². The molecular formula is C12H2N10. The van der Waals surface area contributed by atoms with Crippen molar-refractivity contribution < 1.29 is 0 Å². The molecule has 10 heteroatoms. The van der Waals surface area contributed by atoms with Crippen molar-refractivity contribution in [3.8, 4) is 48.6 Å². The molecule has 100 valence electrons. The molecule has 0 spiro atoms. The van der Waals surface area contributed by atoms with E-state index < -0.39 is 22.2 Å². The molecule has 0 atom stereocenters. The Labute approximate surface area is 124 Å². The van der Waals surface area contributed by atoms with Crippen molar-refractivity contribution in [1.29, 1.82) is 42.1 Å². The van der Waals surface area contributed by atoms with E-state index in [1.807, 2.05) is 10.6 Å². The Morgan fingerprint density at radius 1 is 0.364 bits per heavy atom. The summed E-state index contributed by atoms with van der Waals surface area (Å²) in [6.45, 7) is 0. The summed E-state index contributed by atoms with van der Waals surface area (Å²) in [5.74, 6) is 0. The van der Waals surface area contributed by atoms with Crippen molar-refractivity contribution in [2.75, 3.05) is 0 Å². The number of nitrogens with one attached hydrogen (secondary N) is 2. The summed E-state index contributed by atoms with van der Waals surface area (Å²) in [6, 6.07) is 10.9.